The van der Waals surface area contributed by atoms with Crippen LogP contribution in [0.5, 0.6) is 0 Å². The summed E-state index contributed by atoms with van der Waals surface area (Å²) < 4.78 is 7.04. The number of pyridine rings is 1. The molecule has 2 aliphatic rings. The second-order valence-electron chi connectivity index (χ2n) is 8.22. The quantitative estimate of drug-likeness (QED) is 0.414. The molecule has 1 N–H and O–H groups in total. The normalized spacial score (nSPS) is 21.5. The van der Waals surface area contributed by atoms with Crippen LogP contribution in [0.25, 0.3) is 5.76 Å². The Morgan fingerprint density at radius 3 is 2.56 bits per heavy atom. The Bertz CT molecular complexity index is 1040. The lowest BCUT2D eigenvalue weighted by Gasteiger charge is -2.28. The van der Waals surface area contributed by atoms with Gasteiger partial charge < -0.3 is 14.7 Å². The Labute approximate surface area is 187 Å². The van der Waals surface area contributed by atoms with Crippen molar-refractivity contribution in [3.8, 4) is 0 Å². The Balaban J connectivity index is 1.69. The van der Waals surface area contributed by atoms with Crippen LogP contribution in [-0.2, 0) is 21.4 Å². The van der Waals surface area contributed by atoms with Gasteiger partial charge in [-0.25, -0.2) is 0 Å². The Morgan fingerprint density at radius 1 is 1.19 bits per heavy atom. The van der Waals surface area contributed by atoms with E-state index >= 15 is 0 Å². The third kappa shape index (κ3) is 4.05. The molecule has 2 fully saturated rings. The van der Waals surface area contributed by atoms with Crippen molar-refractivity contribution in [2.24, 2.45) is 7.05 Å². The van der Waals surface area contributed by atoms with E-state index in [0.717, 1.165) is 25.3 Å². The lowest BCUT2D eigenvalue weighted by atomic mass is 9.97. The summed E-state index contributed by atoms with van der Waals surface area (Å²) in [5, 5.41) is 15.6. The molecule has 9 heteroatoms. The lowest BCUT2D eigenvalue weighted by Crippen LogP contribution is -2.39. The summed E-state index contributed by atoms with van der Waals surface area (Å²) in [4.78, 5) is 34.4. The highest BCUT2D eigenvalue weighted by molar-refractivity contribution is 6.46. The number of likely N-dealkylation sites (tertiary alicyclic amines) is 1. The van der Waals surface area contributed by atoms with Crippen molar-refractivity contribution in [3.63, 3.8) is 0 Å². The standard InChI is InChI=1S/C23H29N5O4/c1-15-18(16(2)26(3)25-15)21(29)19-20(17-7-4-5-8-24-17)28(23(31)22(19)30)10-6-9-27-11-13-32-14-12-27/h4-5,7-8,20,29H,6,9-14H2,1-3H3/t20-/m0/s1. The number of nitrogens with zero attached hydrogens (tertiary/aromatic N) is 5. The van der Waals surface area contributed by atoms with Gasteiger partial charge >= 0.3 is 0 Å². The van der Waals surface area contributed by atoms with Crippen molar-refractivity contribution in [2.45, 2.75) is 26.3 Å². The average Bonchev–Trinajstić information content (AvgIpc) is 3.20. The lowest BCUT2D eigenvalue weighted by molar-refractivity contribution is -0.140. The van der Waals surface area contributed by atoms with Crippen molar-refractivity contribution in [2.75, 3.05) is 39.4 Å². The molecule has 2 aromatic heterocycles. The Kier molecular flexibility index (Phi) is 6.38. The van der Waals surface area contributed by atoms with Gasteiger partial charge in [0.1, 0.15) is 11.8 Å². The van der Waals surface area contributed by atoms with Crippen LogP contribution < -0.4 is 0 Å². The van der Waals surface area contributed by atoms with E-state index in [0.29, 0.717) is 43.1 Å². The van der Waals surface area contributed by atoms with Crippen molar-refractivity contribution >= 4 is 17.4 Å². The molecule has 0 spiro atoms. The summed E-state index contributed by atoms with van der Waals surface area (Å²) in [6.07, 6.45) is 2.34. The zero-order valence-corrected chi connectivity index (χ0v) is 18.7. The van der Waals surface area contributed by atoms with Gasteiger partial charge in [-0.3, -0.25) is 24.2 Å². The molecule has 2 aromatic rings. The van der Waals surface area contributed by atoms with Crippen LogP contribution >= 0.6 is 0 Å². The molecule has 32 heavy (non-hydrogen) atoms. The number of aryl methyl sites for hydroxylation is 2. The van der Waals surface area contributed by atoms with Crippen LogP contribution in [0.2, 0.25) is 0 Å². The van der Waals surface area contributed by atoms with Gasteiger partial charge in [-0.2, -0.15) is 5.10 Å². The van der Waals surface area contributed by atoms with E-state index in [1.165, 1.54) is 4.90 Å². The number of ketones is 1. The first-order valence-electron chi connectivity index (χ1n) is 10.9. The van der Waals surface area contributed by atoms with Gasteiger partial charge in [0, 0.05) is 45.1 Å². The molecule has 0 aliphatic carbocycles. The van der Waals surface area contributed by atoms with Crippen LogP contribution in [0.15, 0.2) is 30.0 Å². The number of carbonyl (C=O) groups is 2. The summed E-state index contributed by atoms with van der Waals surface area (Å²) in [6, 6.07) is 4.64. The second-order valence-corrected chi connectivity index (χ2v) is 8.22. The third-order valence-corrected chi connectivity index (χ3v) is 6.23. The van der Waals surface area contributed by atoms with E-state index in [1.54, 1.807) is 37.0 Å². The highest BCUT2D eigenvalue weighted by atomic mass is 16.5. The number of aliphatic hydroxyl groups is 1. The summed E-state index contributed by atoms with van der Waals surface area (Å²) >= 11 is 0. The number of hydrogen-bond acceptors (Lipinski definition) is 7. The molecule has 4 heterocycles. The Hall–Kier alpha value is -3.04. The van der Waals surface area contributed by atoms with Crippen molar-refractivity contribution in [3.05, 3.63) is 52.6 Å². The van der Waals surface area contributed by atoms with Crippen molar-refractivity contribution < 1.29 is 19.4 Å². The summed E-state index contributed by atoms with van der Waals surface area (Å²) in [5.41, 5.74) is 2.43. The van der Waals surface area contributed by atoms with Crippen LogP contribution in [-0.4, -0.2) is 80.8 Å². The zero-order valence-electron chi connectivity index (χ0n) is 18.7. The maximum absolute atomic E-state index is 13.1. The monoisotopic (exact) mass is 439 g/mol. The number of ether oxygens (including phenoxy) is 1. The largest absolute Gasteiger partial charge is 0.507 e. The predicted octanol–water partition coefficient (Wildman–Crippen LogP) is 1.58. The molecule has 1 atom stereocenters. The van der Waals surface area contributed by atoms with Gasteiger partial charge in [0.15, 0.2) is 0 Å². The van der Waals surface area contributed by atoms with Crippen LogP contribution in [0.4, 0.5) is 0 Å². The number of aliphatic hydroxyl groups excluding tert-OH is 1. The first-order chi connectivity index (χ1) is 15.4. The van der Waals surface area contributed by atoms with E-state index < -0.39 is 17.7 Å². The van der Waals surface area contributed by atoms with Gasteiger partial charge in [-0.1, -0.05) is 6.07 Å². The Morgan fingerprint density at radius 2 is 1.94 bits per heavy atom. The minimum Gasteiger partial charge on any atom is -0.507 e. The number of morpholine rings is 1. The SMILES string of the molecule is Cc1nn(C)c(C)c1C(O)=C1C(=O)C(=O)N(CCCN2CCOCC2)[C@H]1c1ccccn1. The number of hydrogen-bond donors (Lipinski definition) is 1. The van der Waals surface area contributed by atoms with Crippen molar-refractivity contribution in [1.82, 2.24) is 24.6 Å². The average molecular weight is 440 g/mol. The molecule has 0 bridgehead atoms. The fourth-order valence-corrected chi connectivity index (χ4v) is 4.50. The molecule has 0 saturated carbocycles. The molecule has 0 unspecified atom stereocenters. The van der Waals surface area contributed by atoms with E-state index in [2.05, 4.69) is 15.0 Å². The van der Waals surface area contributed by atoms with E-state index in [1.807, 2.05) is 13.0 Å². The van der Waals surface area contributed by atoms with Crippen LogP contribution in [0.3, 0.4) is 0 Å². The molecule has 170 valence electrons. The number of rotatable bonds is 6. The fourth-order valence-electron chi connectivity index (χ4n) is 4.50. The van der Waals surface area contributed by atoms with Gasteiger partial charge in [-0.05, 0) is 32.4 Å². The molecular weight excluding hydrogens is 410 g/mol. The zero-order chi connectivity index (χ0) is 22.8. The molecule has 2 saturated heterocycles. The topological polar surface area (TPSA) is 101 Å². The van der Waals surface area contributed by atoms with E-state index in [9.17, 15) is 14.7 Å². The first-order valence-corrected chi connectivity index (χ1v) is 10.9. The highest BCUT2D eigenvalue weighted by Crippen LogP contribution is 2.39. The molecule has 0 radical (unpaired) electrons. The molecule has 2 aliphatic heterocycles. The minimum atomic E-state index is -0.736. The summed E-state index contributed by atoms with van der Waals surface area (Å²) in [5.74, 6) is -1.49. The van der Waals surface area contributed by atoms with Gasteiger partial charge in [0.2, 0.25) is 0 Å². The number of Topliss-reactive ketones (excluding diaryl/α,β-unsaturated/α-hetero) is 1. The molecular formula is C23H29N5O4. The summed E-state index contributed by atoms with van der Waals surface area (Å²) in [7, 11) is 1.78. The predicted molar refractivity (Wildman–Crippen MR) is 118 cm³/mol. The molecule has 1 amide bonds. The number of amides is 1. The maximum Gasteiger partial charge on any atom is 0.295 e. The number of aromatic nitrogens is 3. The van der Waals surface area contributed by atoms with E-state index in [-0.39, 0.29) is 11.3 Å². The highest BCUT2D eigenvalue weighted by Gasteiger charge is 2.47. The van der Waals surface area contributed by atoms with Crippen LogP contribution in [0, 0.1) is 13.8 Å². The summed E-state index contributed by atoms with van der Waals surface area (Å²) in [6.45, 7) is 7.95. The van der Waals surface area contributed by atoms with Crippen LogP contribution in [0.1, 0.15) is 35.1 Å². The first kappa shape index (κ1) is 22.2. The molecule has 0 aromatic carbocycles. The van der Waals surface area contributed by atoms with Crippen molar-refractivity contribution in [1.29, 1.82) is 0 Å². The second kappa shape index (κ2) is 9.22. The van der Waals surface area contributed by atoms with Gasteiger partial charge in [0.25, 0.3) is 11.7 Å². The van der Waals surface area contributed by atoms with Gasteiger partial charge in [-0.15, -0.1) is 0 Å². The smallest absolute Gasteiger partial charge is 0.295 e. The molecule has 9 nitrogen and oxygen atoms in total. The third-order valence-electron chi connectivity index (χ3n) is 6.23. The number of carbonyl (C=O) groups excluding carboxylic acids is 2. The fraction of sp³-hybridized carbons (Fsp3) is 0.478. The molecule has 4 rings (SSSR count). The maximum atomic E-state index is 13.1. The minimum absolute atomic E-state index is 0.0688. The van der Waals surface area contributed by atoms with E-state index in [4.69, 9.17) is 4.74 Å². The van der Waals surface area contributed by atoms with Gasteiger partial charge in [0.05, 0.1) is 35.7 Å².